The Morgan fingerprint density at radius 3 is 2.64 bits per heavy atom. The third kappa shape index (κ3) is 3.34. The highest BCUT2D eigenvalue weighted by Gasteiger charge is 2.22. The number of aryl methyl sites for hydroxylation is 1. The van der Waals surface area contributed by atoms with E-state index in [0.717, 1.165) is 30.6 Å². The zero-order valence-electron chi connectivity index (χ0n) is 12.3. The first-order chi connectivity index (χ1) is 10.7. The Morgan fingerprint density at radius 2 is 1.82 bits per heavy atom. The Hall–Kier alpha value is -2.20. The van der Waals surface area contributed by atoms with Crippen LogP contribution in [-0.2, 0) is 17.6 Å². The molecule has 0 fully saturated rings. The largest absolute Gasteiger partial charge is 0.318 e. The third-order valence-electron chi connectivity index (χ3n) is 3.86. The minimum atomic E-state index is -0.0294. The van der Waals surface area contributed by atoms with Gasteiger partial charge in [-0.15, -0.1) is 0 Å². The van der Waals surface area contributed by atoms with Crippen LogP contribution in [-0.4, -0.2) is 17.6 Å². The number of amides is 1. The molecule has 0 saturated carbocycles. The molecule has 3 rings (SSSR count). The minimum absolute atomic E-state index is 0.0294. The van der Waals surface area contributed by atoms with Gasteiger partial charge in [-0.05, 0) is 42.3 Å². The highest BCUT2D eigenvalue weighted by molar-refractivity contribution is 7.80. The number of anilines is 1. The Morgan fingerprint density at radius 1 is 1.09 bits per heavy atom. The highest BCUT2D eigenvalue weighted by Crippen LogP contribution is 2.27. The predicted molar refractivity (Wildman–Crippen MR) is 93.0 cm³/mol. The zero-order chi connectivity index (χ0) is 15.4. The predicted octanol–water partition coefficient (Wildman–Crippen LogP) is 3.08. The van der Waals surface area contributed by atoms with E-state index in [1.807, 2.05) is 53.4 Å². The van der Waals surface area contributed by atoms with Crippen molar-refractivity contribution in [3.63, 3.8) is 0 Å². The molecule has 0 radical (unpaired) electrons. The van der Waals surface area contributed by atoms with Crippen LogP contribution in [0.5, 0.6) is 0 Å². The number of nitrogens with one attached hydrogen (secondary N) is 1. The number of thiocarbonyl (C=S) groups is 1. The van der Waals surface area contributed by atoms with E-state index >= 15 is 0 Å². The van der Waals surface area contributed by atoms with Gasteiger partial charge in [0.2, 0.25) is 5.91 Å². The fraction of sp³-hybridized carbons (Fsp3) is 0.222. The first kappa shape index (κ1) is 14.7. The second-order valence-electron chi connectivity index (χ2n) is 5.37. The molecule has 0 saturated heterocycles. The normalized spacial score (nSPS) is 12.8. The summed E-state index contributed by atoms with van der Waals surface area (Å²) in [6.07, 6.45) is 2.14. The summed E-state index contributed by atoms with van der Waals surface area (Å²) >= 11 is 5.39. The van der Waals surface area contributed by atoms with Crippen molar-refractivity contribution in [2.45, 2.75) is 19.3 Å². The standard InChI is InChI=1S/C18H18N2OS/c21-17(11-10-14-6-2-1-3-7-14)19-18(22)20-13-12-15-8-4-5-9-16(15)20/h1-9H,10-13H2,(H,19,21,22). The van der Waals surface area contributed by atoms with Crippen molar-refractivity contribution in [1.29, 1.82) is 0 Å². The zero-order valence-corrected chi connectivity index (χ0v) is 13.1. The summed E-state index contributed by atoms with van der Waals surface area (Å²) in [7, 11) is 0. The molecular weight excluding hydrogens is 292 g/mol. The van der Waals surface area contributed by atoms with Crippen molar-refractivity contribution in [2.24, 2.45) is 0 Å². The van der Waals surface area contributed by atoms with Crippen LogP contribution in [0, 0.1) is 0 Å². The summed E-state index contributed by atoms with van der Waals surface area (Å²) < 4.78 is 0. The van der Waals surface area contributed by atoms with Gasteiger partial charge in [0.15, 0.2) is 5.11 Å². The smallest absolute Gasteiger partial charge is 0.226 e. The average molecular weight is 310 g/mol. The van der Waals surface area contributed by atoms with Crippen molar-refractivity contribution in [2.75, 3.05) is 11.4 Å². The van der Waals surface area contributed by atoms with Crippen molar-refractivity contribution in [1.82, 2.24) is 5.32 Å². The lowest BCUT2D eigenvalue weighted by Crippen LogP contribution is -2.42. The Labute approximate surface area is 136 Å². The van der Waals surface area contributed by atoms with Crippen LogP contribution in [0.3, 0.4) is 0 Å². The maximum Gasteiger partial charge on any atom is 0.226 e. The lowest BCUT2D eigenvalue weighted by atomic mass is 10.1. The molecule has 1 N–H and O–H groups in total. The third-order valence-corrected chi connectivity index (χ3v) is 4.18. The van der Waals surface area contributed by atoms with Crippen LogP contribution in [0.25, 0.3) is 0 Å². The van der Waals surface area contributed by atoms with Crippen LogP contribution in [0.15, 0.2) is 54.6 Å². The Kier molecular flexibility index (Phi) is 4.49. The topological polar surface area (TPSA) is 32.3 Å². The van der Waals surface area contributed by atoms with E-state index in [4.69, 9.17) is 12.2 Å². The Bertz CT molecular complexity index is 684. The number of benzene rings is 2. The van der Waals surface area contributed by atoms with Crippen molar-refractivity contribution < 1.29 is 4.79 Å². The minimum Gasteiger partial charge on any atom is -0.318 e. The van der Waals surface area contributed by atoms with E-state index < -0.39 is 0 Å². The second-order valence-corrected chi connectivity index (χ2v) is 5.76. The molecule has 0 unspecified atom stereocenters. The molecule has 22 heavy (non-hydrogen) atoms. The van der Waals surface area contributed by atoms with Gasteiger partial charge in [-0.3, -0.25) is 4.79 Å². The van der Waals surface area contributed by atoms with E-state index in [0.29, 0.717) is 11.5 Å². The lowest BCUT2D eigenvalue weighted by Gasteiger charge is -2.20. The van der Waals surface area contributed by atoms with Gasteiger partial charge in [-0.25, -0.2) is 0 Å². The van der Waals surface area contributed by atoms with E-state index in [2.05, 4.69) is 11.4 Å². The molecule has 1 aliphatic rings. The lowest BCUT2D eigenvalue weighted by molar-refractivity contribution is -0.119. The summed E-state index contributed by atoms with van der Waals surface area (Å²) in [4.78, 5) is 14.1. The molecule has 0 bridgehead atoms. The summed E-state index contributed by atoms with van der Waals surface area (Å²) in [6, 6.07) is 18.2. The van der Waals surface area contributed by atoms with Gasteiger partial charge in [0.25, 0.3) is 0 Å². The van der Waals surface area contributed by atoms with Crippen molar-refractivity contribution in [3.8, 4) is 0 Å². The Balaban J connectivity index is 1.55. The number of fused-ring (bicyclic) bond motifs is 1. The number of carbonyl (C=O) groups is 1. The molecule has 3 nitrogen and oxygen atoms in total. The van der Waals surface area contributed by atoms with Gasteiger partial charge < -0.3 is 10.2 Å². The molecule has 0 atom stereocenters. The molecule has 2 aromatic carbocycles. The number of carbonyl (C=O) groups excluding carboxylic acids is 1. The van der Waals surface area contributed by atoms with Gasteiger partial charge in [-0.2, -0.15) is 0 Å². The van der Waals surface area contributed by atoms with Crippen LogP contribution in [0.4, 0.5) is 5.69 Å². The van der Waals surface area contributed by atoms with Crippen molar-refractivity contribution in [3.05, 3.63) is 65.7 Å². The SMILES string of the molecule is O=C(CCc1ccccc1)NC(=S)N1CCc2ccccc21. The van der Waals surface area contributed by atoms with E-state index in [-0.39, 0.29) is 5.91 Å². The van der Waals surface area contributed by atoms with Crippen LogP contribution >= 0.6 is 12.2 Å². The molecule has 1 amide bonds. The fourth-order valence-corrected chi connectivity index (χ4v) is 3.00. The highest BCUT2D eigenvalue weighted by atomic mass is 32.1. The molecule has 4 heteroatoms. The summed E-state index contributed by atoms with van der Waals surface area (Å²) in [6.45, 7) is 0.831. The van der Waals surface area contributed by atoms with Crippen LogP contribution in [0.1, 0.15) is 17.5 Å². The number of para-hydroxylation sites is 1. The molecule has 0 spiro atoms. The summed E-state index contributed by atoms with van der Waals surface area (Å²) in [5, 5.41) is 3.35. The monoisotopic (exact) mass is 310 g/mol. The van der Waals surface area contributed by atoms with Gasteiger partial charge >= 0.3 is 0 Å². The van der Waals surface area contributed by atoms with Gasteiger partial charge in [0.1, 0.15) is 0 Å². The van der Waals surface area contributed by atoms with E-state index in [1.54, 1.807) is 0 Å². The average Bonchev–Trinajstić information content (AvgIpc) is 2.98. The first-order valence-corrected chi connectivity index (χ1v) is 7.88. The molecular formula is C18H18N2OS. The van der Waals surface area contributed by atoms with Crippen LogP contribution in [0.2, 0.25) is 0 Å². The number of nitrogens with zero attached hydrogens (tertiary/aromatic N) is 1. The molecule has 112 valence electrons. The summed E-state index contributed by atoms with van der Waals surface area (Å²) in [5.74, 6) is -0.0294. The number of hydrogen-bond acceptors (Lipinski definition) is 2. The number of rotatable bonds is 3. The summed E-state index contributed by atoms with van der Waals surface area (Å²) in [5.41, 5.74) is 3.55. The maximum absolute atomic E-state index is 12.1. The molecule has 1 heterocycles. The molecule has 2 aromatic rings. The van der Waals surface area contributed by atoms with Gasteiger partial charge in [-0.1, -0.05) is 48.5 Å². The maximum atomic E-state index is 12.1. The van der Waals surface area contributed by atoms with E-state index in [1.165, 1.54) is 5.56 Å². The number of hydrogen-bond donors (Lipinski definition) is 1. The van der Waals surface area contributed by atoms with E-state index in [9.17, 15) is 4.79 Å². The molecule has 0 aliphatic carbocycles. The molecule has 1 aliphatic heterocycles. The first-order valence-electron chi connectivity index (χ1n) is 7.47. The fourth-order valence-electron chi connectivity index (χ4n) is 2.70. The van der Waals surface area contributed by atoms with Crippen LogP contribution < -0.4 is 10.2 Å². The van der Waals surface area contributed by atoms with Gasteiger partial charge in [0.05, 0.1) is 0 Å². The van der Waals surface area contributed by atoms with Crippen molar-refractivity contribution >= 4 is 28.9 Å². The molecule has 0 aromatic heterocycles. The quantitative estimate of drug-likeness (QED) is 0.884. The second kappa shape index (κ2) is 6.71. The van der Waals surface area contributed by atoms with Gasteiger partial charge in [0, 0.05) is 18.7 Å².